The Hall–Kier alpha value is -2.82. The summed E-state index contributed by atoms with van der Waals surface area (Å²) in [5, 5.41) is 5.78. The molecule has 0 spiro atoms. The third-order valence-corrected chi connectivity index (χ3v) is 7.03. The van der Waals surface area contributed by atoms with Gasteiger partial charge >= 0.3 is 6.09 Å². The molecule has 0 heterocycles. The maximum atomic E-state index is 12.7. The number of fused-ring (bicyclic) bond motifs is 3. The molecular weight excluding hydrogens is 388 g/mol. The van der Waals surface area contributed by atoms with Gasteiger partial charge in [0.2, 0.25) is 5.91 Å². The average molecular weight is 421 g/mol. The van der Waals surface area contributed by atoms with Gasteiger partial charge in [-0.15, -0.1) is 0 Å². The third-order valence-electron chi connectivity index (χ3n) is 7.03. The zero-order chi connectivity index (χ0) is 21.7. The highest BCUT2D eigenvalue weighted by molar-refractivity contribution is 5.91. The van der Waals surface area contributed by atoms with Gasteiger partial charge in [-0.2, -0.15) is 0 Å². The van der Waals surface area contributed by atoms with Crippen LogP contribution in [0.2, 0.25) is 0 Å². The van der Waals surface area contributed by atoms with Gasteiger partial charge in [0.25, 0.3) is 0 Å². The van der Waals surface area contributed by atoms with Crippen LogP contribution in [-0.2, 0) is 14.9 Å². The number of alkyl carbamates (subject to hydrolysis) is 1. The van der Waals surface area contributed by atoms with E-state index in [1.807, 2.05) is 42.5 Å². The fourth-order valence-electron chi connectivity index (χ4n) is 5.24. The number of hydrogen-bond donors (Lipinski definition) is 2. The van der Waals surface area contributed by atoms with E-state index in [1.54, 1.807) is 6.92 Å². The second-order valence-corrected chi connectivity index (χ2v) is 8.92. The molecule has 0 aromatic heterocycles. The lowest BCUT2D eigenvalue weighted by Crippen LogP contribution is -2.37. The SMILES string of the molecule is CCOC(=O)N[C@@H](CC(=O)Nc1ccc(C23CCC(CC2)CC3)cc1)c1ccccc1. The van der Waals surface area contributed by atoms with Crippen LogP contribution in [0.15, 0.2) is 54.6 Å². The Kier molecular flexibility index (Phi) is 6.59. The summed E-state index contributed by atoms with van der Waals surface area (Å²) in [7, 11) is 0. The predicted molar refractivity (Wildman–Crippen MR) is 122 cm³/mol. The van der Waals surface area contributed by atoms with Crippen LogP contribution in [0.3, 0.4) is 0 Å². The minimum absolute atomic E-state index is 0.135. The molecule has 2 bridgehead atoms. The number of rotatable bonds is 7. The zero-order valence-corrected chi connectivity index (χ0v) is 18.2. The van der Waals surface area contributed by atoms with Crippen molar-refractivity contribution >= 4 is 17.7 Å². The first kappa shape index (κ1) is 21.4. The van der Waals surface area contributed by atoms with E-state index in [2.05, 4.69) is 22.8 Å². The van der Waals surface area contributed by atoms with E-state index in [-0.39, 0.29) is 18.9 Å². The van der Waals surface area contributed by atoms with E-state index in [9.17, 15) is 9.59 Å². The first-order chi connectivity index (χ1) is 15.1. The predicted octanol–water partition coefficient (Wildman–Crippen LogP) is 5.72. The van der Waals surface area contributed by atoms with Crippen LogP contribution in [0.25, 0.3) is 0 Å². The molecule has 0 saturated heterocycles. The average Bonchev–Trinajstić information content (AvgIpc) is 2.81. The highest BCUT2D eigenvalue weighted by Crippen LogP contribution is 2.51. The smallest absolute Gasteiger partial charge is 0.407 e. The van der Waals surface area contributed by atoms with Crippen molar-refractivity contribution in [3.8, 4) is 0 Å². The van der Waals surface area contributed by atoms with Gasteiger partial charge in [0, 0.05) is 5.69 Å². The largest absolute Gasteiger partial charge is 0.450 e. The second-order valence-electron chi connectivity index (χ2n) is 8.92. The molecule has 5 rings (SSSR count). The number of benzene rings is 2. The fraction of sp³-hybridized carbons (Fsp3) is 0.462. The van der Waals surface area contributed by atoms with Crippen LogP contribution in [0.4, 0.5) is 10.5 Å². The van der Waals surface area contributed by atoms with E-state index < -0.39 is 12.1 Å². The van der Waals surface area contributed by atoms with Gasteiger partial charge in [-0.05, 0) is 80.0 Å². The van der Waals surface area contributed by atoms with Gasteiger partial charge in [-0.25, -0.2) is 4.79 Å². The summed E-state index contributed by atoms with van der Waals surface area (Å²) < 4.78 is 5.01. The Labute approximate surface area is 184 Å². The zero-order valence-electron chi connectivity index (χ0n) is 18.2. The number of hydrogen-bond acceptors (Lipinski definition) is 3. The summed E-state index contributed by atoms with van der Waals surface area (Å²) in [6, 6.07) is 17.4. The molecule has 3 aliphatic rings. The van der Waals surface area contributed by atoms with Gasteiger partial charge in [0.05, 0.1) is 19.1 Å². The number of nitrogens with one attached hydrogen (secondary N) is 2. The molecule has 0 unspecified atom stereocenters. The topological polar surface area (TPSA) is 67.4 Å². The number of ether oxygens (including phenoxy) is 1. The molecular formula is C26H32N2O3. The van der Waals surface area contributed by atoms with E-state index in [0.29, 0.717) is 5.41 Å². The number of amides is 2. The van der Waals surface area contributed by atoms with Crippen molar-refractivity contribution in [1.82, 2.24) is 5.32 Å². The first-order valence-corrected chi connectivity index (χ1v) is 11.5. The number of anilines is 1. The Bertz CT molecular complexity index is 873. The molecule has 164 valence electrons. The van der Waals surface area contributed by atoms with E-state index in [1.165, 1.54) is 44.1 Å². The molecule has 2 amide bonds. The van der Waals surface area contributed by atoms with Crippen LogP contribution in [0.5, 0.6) is 0 Å². The quantitative estimate of drug-likeness (QED) is 0.601. The van der Waals surface area contributed by atoms with Crippen molar-refractivity contribution in [1.29, 1.82) is 0 Å². The molecule has 3 saturated carbocycles. The van der Waals surface area contributed by atoms with Crippen molar-refractivity contribution in [2.24, 2.45) is 5.92 Å². The molecule has 5 heteroatoms. The van der Waals surface area contributed by atoms with Crippen molar-refractivity contribution in [3.63, 3.8) is 0 Å². The van der Waals surface area contributed by atoms with Gasteiger partial charge in [-0.3, -0.25) is 4.79 Å². The lowest BCUT2D eigenvalue weighted by atomic mass is 9.58. The Morgan fingerprint density at radius 3 is 2.26 bits per heavy atom. The molecule has 0 aliphatic heterocycles. The van der Waals surface area contributed by atoms with Gasteiger partial charge < -0.3 is 15.4 Å². The van der Waals surface area contributed by atoms with E-state index in [4.69, 9.17) is 4.74 Å². The minimum Gasteiger partial charge on any atom is -0.450 e. The van der Waals surface area contributed by atoms with Crippen molar-refractivity contribution < 1.29 is 14.3 Å². The Morgan fingerprint density at radius 2 is 1.65 bits per heavy atom. The van der Waals surface area contributed by atoms with Crippen LogP contribution in [0.1, 0.15) is 69.0 Å². The maximum Gasteiger partial charge on any atom is 0.407 e. The lowest BCUT2D eigenvalue weighted by molar-refractivity contribution is -0.116. The van der Waals surface area contributed by atoms with Crippen molar-refractivity contribution in [2.45, 2.75) is 63.3 Å². The van der Waals surface area contributed by atoms with Crippen LogP contribution in [0, 0.1) is 5.92 Å². The first-order valence-electron chi connectivity index (χ1n) is 11.5. The fourth-order valence-corrected chi connectivity index (χ4v) is 5.24. The molecule has 2 aromatic carbocycles. The van der Waals surface area contributed by atoms with Crippen LogP contribution in [-0.4, -0.2) is 18.6 Å². The monoisotopic (exact) mass is 420 g/mol. The molecule has 31 heavy (non-hydrogen) atoms. The standard InChI is InChI=1S/C26H32N2O3/c1-2-31-25(30)28-23(20-6-4-3-5-7-20)18-24(29)27-22-10-8-21(9-11-22)26-15-12-19(13-16-26)14-17-26/h3-11,19,23H,2,12-18H2,1H3,(H,27,29)(H,28,30)/t19?,23-,26?/m0/s1. The lowest BCUT2D eigenvalue weighted by Gasteiger charge is -2.47. The minimum atomic E-state index is -0.519. The molecule has 3 fully saturated rings. The maximum absolute atomic E-state index is 12.7. The summed E-state index contributed by atoms with van der Waals surface area (Å²) in [5.74, 6) is 0.802. The normalized spacial score (nSPS) is 23.1. The third kappa shape index (κ3) is 5.09. The summed E-state index contributed by atoms with van der Waals surface area (Å²) in [6.45, 7) is 2.04. The Balaban J connectivity index is 1.40. The van der Waals surface area contributed by atoms with Crippen molar-refractivity contribution in [3.05, 3.63) is 65.7 Å². The van der Waals surface area contributed by atoms with Crippen molar-refractivity contribution in [2.75, 3.05) is 11.9 Å². The van der Waals surface area contributed by atoms with E-state index in [0.717, 1.165) is 17.2 Å². The number of carbonyl (C=O) groups is 2. The highest BCUT2D eigenvalue weighted by atomic mass is 16.5. The molecule has 0 radical (unpaired) electrons. The summed E-state index contributed by atoms with van der Waals surface area (Å²) in [6.07, 6.45) is 7.56. The molecule has 5 nitrogen and oxygen atoms in total. The molecule has 3 aliphatic carbocycles. The van der Waals surface area contributed by atoms with E-state index >= 15 is 0 Å². The number of carbonyl (C=O) groups excluding carboxylic acids is 2. The highest BCUT2D eigenvalue weighted by Gasteiger charge is 2.41. The van der Waals surface area contributed by atoms with Crippen LogP contribution < -0.4 is 10.6 Å². The van der Waals surface area contributed by atoms with Gasteiger partial charge in [0.15, 0.2) is 0 Å². The Morgan fingerprint density at radius 1 is 1.00 bits per heavy atom. The molecule has 2 aromatic rings. The second kappa shape index (κ2) is 9.54. The van der Waals surface area contributed by atoms with Gasteiger partial charge in [-0.1, -0.05) is 42.5 Å². The summed E-state index contributed by atoms with van der Waals surface area (Å²) >= 11 is 0. The van der Waals surface area contributed by atoms with Gasteiger partial charge in [0.1, 0.15) is 0 Å². The molecule has 1 atom stereocenters. The summed E-state index contributed by atoms with van der Waals surface area (Å²) in [5.41, 5.74) is 3.42. The summed E-state index contributed by atoms with van der Waals surface area (Å²) in [4.78, 5) is 24.7. The molecule has 2 N–H and O–H groups in total. The van der Waals surface area contributed by atoms with Crippen LogP contribution >= 0.6 is 0 Å².